The van der Waals surface area contributed by atoms with Gasteiger partial charge in [0, 0.05) is 9.79 Å². The molecule has 0 heterocycles. The summed E-state index contributed by atoms with van der Waals surface area (Å²) >= 11 is -0.393. The van der Waals surface area contributed by atoms with Gasteiger partial charge >= 0.3 is 11.0 Å². The van der Waals surface area contributed by atoms with Crippen LogP contribution in [-0.2, 0) is 6.42 Å². The van der Waals surface area contributed by atoms with Gasteiger partial charge in [-0.1, -0.05) is 12.1 Å². The number of halogens is 6. The Bertz CT molecular complexity index is 685. The van der Waals surface area contributed by atoms with Gasteiger partial charge in [0.1, 0.15) is 0 Å². The summed E-state index contributed by atoms with van der Waals surface area (Å²) in [6, 6.07) is 8.83. The first-order valence-corrected chi connectivity index (χ1v) is 8.02. The monoisotopic (exact) mass is 366 g/mol. The lowest BCUT2D eigenvalue weighted by Crippen LogP contribution is -1.99. The maximum Gasteiger partial charge on any atom is 0.446 e. The average Bonchev–Trinajstić information content (AvgIpc) is 2.71. The topological polar surface area (TPSA) is 0 Å². The van der Waals surface area contributed by atoms with Gasteiger partial charge in [-0.25, -0.2) is 0 Å². The van der Waals surface area contributed by atoms with E-state index in [1.165, 1.54) is 24.3 Å². The molecule has 8 heteroatoms. The molecule has 0 radical (unpaired) electrons. The second-order valence-corrected chi connectivity index (χ2v) is 7.19. The number of rotatable bonds is 2. The highest BCUT2D eigenvalue weighted by Crippen LogP contribution is 2.44. The first-order chi connectivity index (χ1) is 10.6. The fraction of sp³-hybridized carbons (Fsp3) is 0.200. The molecule has 1 aliphatic rings. The molecule has 2 aromatic rings. The molecule has 1 aliphatic carbocycles. The van der Waals surface area contributed by atoms with Gasteiger partial charge in [-0.15, -0.1) is 0 Å². The molecule has 0 aromatic heterocycles. The van der Waals surface area contributed by atoms with Crippen molar-refractivity contribution >= 4 is 23.5 Å². The molecule has 3 rings (SSSR count). The van der Waals surface area contributed by atoms with Gasteiger partial charge in [0.2, 0.25) is 0 Å². The van der Waals surface area contributed by atoms with Crippen LogP contribution < -0.4 is 0 Å². The Labute approximate surface area is 136 Å². The van der Waals surface area contributed by atoms with E-state index in [1.807, 2.05) is 0 Å². The van der Waals surface area contributed by atoms with E-state index < -0.39 is 11.0 Å². The lowest BCUT2D eigenvalue weighted by molar-refractivity contribution is -0.0337. The van der Waals surface area contributed by atoms with Crippen molar-refractivity contribution in [2.75, 3.05) is 0 Å². The maximum atomic E-state index is 12.4. The molecule has 23 heavy (non-hydrogen) atoms. The molecule has 0 aliphatic heterocycles. The molecule has 0 unspecified atom stereocenters. The minimum Gasteiger partial charge on any atom is -0.160 e. The summed E-state index contributed by atoms with van der Waals surface area (Å²) in [5, 5.41) is 0. The Kier molecular flexibility index (Phi) is 4.08. The fourth-order valence-corrected chi connectivity index (χ4v) is 3.77. The number of thioether (sulfide) groups is 2. The quantitative estimate of drug-likeness (QED) is 0.376. The average molecular weight is 366 g/mol. The molecule has 0 spiro atoms. The van der Waals surface area contributed by atoms with Gasteiger partial charge in [0.15, 0.2) is 0 Å². The third kappa shape index (κ3) is 3.98. The second kappa shape index (κ2) is 5.66. The van der Waals surface area contributed by atoms with E-state index in [-0.39, 0.29) is 33.3 Å². The summed E-state index contributed by atoms with van der Waals surface area (Å²) in [6.45, 7) is 0. The number of hydrogen-bond donors (Lipinski definition) is 0. The molecule has 0 fully saturated rings. The van der Waals surface area contributed by atoms with Gasteiger partial charge < -0.3 is 0 Å². The smallest absolute Gasteiger partial charge is 0.160 e. The van der Waals surface area contributed by atoms with Gasteiger partial charge in [-0.3, -0.25) is 0 Å². The van der Waals surface area contributed by atoms with Crippen molar-refractivity contribution in [2.24, 2.45) is 0 Å². The Balaban J connectivity index is 1.88. The third-order valence-electron chi connectivity index (χ3n) is 3.29. The number of alkyl halides is 6. The largest absolute Gasteiger partial charge is 0.446 e. The van der Waals surface area contributed by atoms with Crippen LogP contribution in [0.5, 0.6) is 0 Å². The van der Waals surface area contributed by atoms with Crippen LogP contribution in [0.25, 0.3) is 11.1 Å². The lowest BCUT2D eigenvalue weighted by atomic mass is 10.1. The predicted octanol–water partition coefficient (Wildman–Crippen LogP) is 6.48. The van der Waals surface area contributed by atoms with Crippen LogP contribution in [0.15, 0.2) is 46.2 Å². The minimum atomic E-state index is -4.36. The number of hydrogen-bond acceptors (Lipinski definition) is 2. The Hall–Kier alpha value is -1.28. The molecule has 2 aromatic carbocycles. The van der Waals surface area contributed by atoms with E-state index in [0.29, 0.717) is 17.5 Å². The molecule has 0 nitrogen and oxygen atoms in total. The summed E-state index contributed by atoms with van der Waals surface area (Å²) in [6.07, 6.45) is 0.336. The zero-order valence-corrected chi connectivity index (χ0v) is 12.9. The maximum absolute atomic E-state index is 12.4. The van der Waals surface area contributed by atoms with E-state index in [4.69, 9.17) is 0 Å². The number of benzene rings is 2. The molecule has 0 saturated heterocycles. The predicted molar refractivity (Wildman–Crippen MR) is 78.5 cm³/mol. The first kappa shape index (κ1) is 16.6. The van der Waals surface area contributed by atoms with Gasteiger partial charge in [-0.05, 0) is 76.5 Å². The molecule has 122 valence electrons. The second-order valence-electron chi connectivity index (χ2n) is 4.91. The molecule has 0 bridgehead atoms. The Morgan fingerprint density at radius 1 is 0.652 bits per heavy atom. The normalized spacial score (nSPS) is 13.8. The van der Waals surface area contributed by atoms with Crippen molar-refractivity contribution in [3.63, 3.8) is 0 Å². The highest BCUT2D eigenvalue weighted by Gasteiger charge is 2.31. The Morgan fingerprint density at radius 2 is 1.04 bits per heavy atom. The lowest BCUT2D eigenvalue weighted by Gasteiger charge is -2.08. The molecular formula is C15H8F6S2. The highest BCUT2D eigenvalue weighted by molar-refractivity contribution is 8.00. The van der Waals surface area contributed by atoms with Crippen LogP contribution in [-0.4, -0.2) is 11.0 Å². The van der Waals surface area contributed by atoms with Crippen LogP contribution in [0, 0.1) is 0 Å². The van der Waals surface area contributed by atoms with Gasteiger partial charge in [0.05, 0.1) is 0 Å². The van der Waals surface area contributed by atoms with Gasteiger partial charge in [0.25, 0.3) is 0 Å². The first-order valence-electron chi connectivity index (χ1n) is 6.38. The van der Waals surface area contributed by atoms with Gasteiger partial charge in [-0.2, -0.15) is 26.3 Å². The van der Waals surface area contributed by atoms with E-state index in [9.17, 15) is 26.3 Å². The zero-order valence-electron chi connectivity index (χ0n) is 11.3. The van der Waals surface area contributed by atoms with Crippen LogP contribution in [0.4, 0.5) is 26.3 Å². The van der Waals surface area contributed by atoms with Crippen molar-refractivity contribution in [1.82, 2.24) is 0 Å². The van der Waals surface area contributed by atoms with Crippen molar-refractivity contribution < 1.29 is 26.3 Å². The molecule has 0 amide bonds. The van der Waals surface area contributed by atoms with E-state index in [2.05, 4.69) is 0 Å². The molecule has 0 saturated carbocycles. The van der Waals surface area contributed by atoms with Crippen LogP contribution in [0.2, 0.25) is 0 Å². The van der Waals surface area contributed by atoms with Crippen molar-refractivity contribution in [2.45, 2.75) is 27.2 Å². The summed E-state index contributed by atoms with van der Waals surface area (Å²) < 4.78 is 74.5. The summed E-state index contributed by atoms with van der Waals surface area (Å²) in [5.74, 6) is 0. The van der Waals surface area contributed by atoms with E-state index in [1.54, 1.807) is 12.1 Å². The zero-order chi connectivity index (χ0) is 16.8. The molecule has 0 N–H and O–H groups in total. The summed E-state index contributed by atoms with van der Waals surface area (Å²) in [4.78, 5) is 0.155. The standard InChI is InChI=1S/C15H8F6S2/c16-14(17,18)22-10-1-3-12-8(6-10)5-9-7-11(2-4-13(9)12)23-15(19,20)21/h1-4,6-7H,5H2. The van der Waals surface area contributed by atoms with Crippen LogP contribution in [0.1, 0.15) is 11.1 Å². The summed E-state index contributed by atoms with van der Waals surface area (Å²) in [5.41, 5.74) is -5.79. The number of fused-ring (bicyclic) bond motifs is 3. The Morgan fingerprint density at radius 3 is 1.39 bits per heavy atom. The fourth-order valence-electron chi connectivity index (χ4n) is 2.56. The highest BCUT2D eigenvalue weighted by atomic mass is 32.2. The summed E-state index contributed by atoms with van der Waals surface area (Å²) in [7, 11) is 0. The van der Waals surface area contributed by atoms with E-state index >= 15 is 0 Å². The molecular weight excluding hydrogens is 358 g/mol. The van der Waals surface area contributed by atoms with Crippen molar-refractivity contribution in [3.05, 3.63) is 47.5 Å². The minimum absolute atomic E-state index is 0.0777. The van der Waals surface area contributed by atoms with Crippen LogP contribution in [0.3, 0.4) is 0 Å². The van der Waals surface area contributed by atoms with Crippen molar-refractivity contribution in [1.29, 1.82) is 0 Å². The van der Waals surface area contributed by atoms with Crippen LogP contribution >= 0.6 is 23.5 Å². The third-order valence-corrected chi connectivity index (χ3v) is 4.73. The van der Waals surface area contributed by atoms with Crippen molar-refractivity contribution in [3.8, 4) is 11.1 Å². The SMILES string of the molecule is FC(F)(F)Sc1ccc2c(c1)Cc1cc(SC(F)(F)F)ccc1-2. The van der Waals surface area contributed by atoms with E-state index in [0.717, 1.165) is 11.1 Å². The molecule has 0 atom stereocenters.